The lowest BCUT2D eigenvalue weighted by Gasteiger charge is -2.29. The molecule has 1 aromatic heterocycles. The molecular formula is C23H22F3NO5. The van der Waals surface area contributed by atoms with E-state index in [1.807, 2.05) is 4.90 Å². The van der Waals surface area contributed by atoms with Gasteiger partial charge in [-0.1, -0.05) is 18.2 Å². The number of methoxy groups -OCH3 is 2. The molecule has 3 aromatic rings. The van der Waals surface area contributed by atoms with Crippen molar-refractivity contribution in [2.45, 2.75) is 19.1 Å². The Morgan fingerprint density at radius 1 is 1.12 bits per heavy atom. The second kappa shape index (κ2) is 8.84. The summed E-state index contributed by atoms with van der Waals surface area (Å²) in [6.45, 7) is 1.76. The zero-order chi connectivity index (χ0) is 22.9. The molecule has 0 bridgehead atoms. The third kappa shape index (κ3) is 4.05. The Hall–Kier alpha value is -3.04. The van der Waals surface area contributed by atoms with Crippen LogP contribution in [0.2, 0.25) is 0 Å². The first kappa shape index (κ1) is 22.2. The molecule has 0 spiro atoms. The van der Waals surface area contributed by atoms with Crippen LogP contribution in [0.15, 0.2) is 45.6 Å². The molecule has 2 aromatic carbocycles. The number of para-hydroxylation sites is 1. The third-order valence-corrected chi connectivity index (χ3v) is 5.36. The van der Waals surface area contributed by atoms with Crippen molar-refractivity contribution in [3.63, 3.8) is 0 Å². The predicted molar refractivity (Wildman–Crippen MR) is 112 cm³/mol. The number of hydrogen-bond acceptors (Lipinski definition) is 6. The number of halogens is 3. The molecule has 2 heterocycles. The number of alkyl halides is 3. The third-order valence-electron chi connectivity index (χ3n) is 5.36. The normalized spacial score (nSPS) is 14.3. The Kier molecular flexibility index (Phi) is 6.12. The molecule has 170 valence electrons. The maximum absolute atomic E-state index is 14.1. The lowest BCUT2D eigenvalue weighted by Crippen LogP contribution is -2.33. The van der Waals surface area contributed by atoms with Crippen LogP contribution in [0.3, 0.4) is 0 Å². The van der Waals surface area contributed by atoms with E-state index in [0.29, 0.717) is 31.0 Å². The van der Waals surface area contributed by atoms with Gasteiger partial charge < -0.3 is 18.6 Å². The molecule has 6 nitrogen and oxygen atoms in total. The number of fused-ring (bicyclic) bond motifs is 3. The van der Waals surface area contributed by atoms with Crippen LogP contribution in [0.1, 0.15) is 17.7 Å². The van der Waals surface area contributed by atoms with E-state index in [4.69, 9.17) is 18.6 Å². The topological polar surface area (TPSA) is 61.1 Å². The Morgan fingerprint density at radius 2 is 1.91 bits per heavy atom. The standard InChI is InChI=1S/C23H22F3NO5/c1-29-11-5-10-27-12-16-18(31-13-27)9-8-15-20(28)19(14-6-3-4-7-17(14)30-2)22(23(24,25)26)32-21(15)16/h3-4,6-9H,5,10-13H2,1-2H3. The highest BCUT2D eigenvalue weighted by molar-refractivity contribution is 5.88. The van der Waals surface area contributed by atoms with Crippen LogP contribution >= 0.6 is 0 Å². The van der Waals surface area contributed by atoms with Gasteiger partial charge in [-0.15, -0.1) is 0 Å². The molecule has 1 aliphatic rings. The fourth-order valence-electron chi connectivity index (χ4n) is 3.88. The van der Waals surface area contributed by atoms with Crippen LogP contribution in [0.25, 0.3) is 22.1 Å². The minimum atomic E-state index is -4.89. The van der Waals surface area contributed by atoms with E-state index >= 15 is 0 Å². The van der Waals surface area contributed by atoms with Crippen LogP contribution in [-0.2, 0) is 17.5 Å². The van der Waals surface area contributed by atoms with Crippen LogP contribution in [0, 0.1) is 0 Å². The number of hydrogen-bond donors (Lipinski definition) is 0. The number of nitrogens with zero attached hydrogens (tertiary/aromatic N) is 1. The van der Waals surface area contributed by atoms with E-state index in [1.54, 1.807) is 25.3 Å². The second-order valence-corrected chi connectivity index (χ2v) is 7.42. The molecule has 32 heavy (non-hydrogen) atoms. The molecule has 1 aliphatic heterocycles. The van der Waals surface area contributed by atoms with Gasteiger partial charge in [0.1, 0.15) is 23.8 Å². The smallest absolute Gasteiger partial charge is 0.450 e. The molecule has 9 heteroatoms. The highest BCUT2D eigenvalue weighted by Gasteiger charge is 2.40. The maximum Gasteiger partial charge on any atom is 0.450 e. The molecular weight excluding hydrogens is 427 g/mol. The molecule has 0 amide bonds. The van der Waals surface area contributed by atoms with Gasteiger partial charge in [0.25, 0.3) is 0 Å². The fourth-order valence-corrected chi connectivity index (χ4v) is 3.88. The largest absolute Gasteiger partial charge is 0.496 e. The molecule has 0 aliphatic carbocycles. The Labute approximate surface area is 182 Å². The van der Waals surface area contributed by atoms with Crippen molar-refractivity contribution in [1.29, 1.82) is 0 Å². The van der Waals surface area contributed by atoms with E-state index in [0.717, 1.165) is 6.42 Å². The van der Waals surface area contributed by atoms with Gasteiger partial charge in [0.15, 0.2) is 0 Å². The van der Waals surface area contributed by atoms with Crippen LogP contribution < -0.4 is 14.9 Å². The molecule has 4 rings (SSSR count). The highest BCUT2D eigenvalue weighted by Crippen LogP contribution is 2.42. The summed E-state index contributed by atoms with van der Waals surface area (Å²) in [7, 11) is 2.93. The number of rotatable bonds is 6. The Morgan fingerprint density at radius 3 is 2.62 bits per heavy atom. The number of ether oxygens (including phenoxy) is 3. The molecule has 0 unspecified atom stereocenters. The van der Waals surface area contributed by atoms with Crippen molar-refractivity contribution in [3.8, 4) is 22.6 Å². The summed E-state index contributed by atoms with van der Waals surface area (Å²) in [5.74, 6) is -0.804. The van der Waals surface area contributed by atoms with Crippen molar-refractivity contribution in [2.24, 2.45) is 0 Å². The average Bonchev–Trinajstić information content (AvgIpc) is 2.78. The maximum atomic E-state index is 14.1. The van der Waals surface area contributed by atoms with E-state index in [2.05, 4.69) is 0 Å². The zero-order valence-electron chi connectivity index (χ0n) is 17.6. The van der Waals surface area contributed by atoms with Gasteiger partial charge in [-0.25, -0.2) is 0 Å². The summed E-state index contributed by atoms with van der Waals surface area (Å²) < 4.78 is 63.6. The van der Waals surface area contributed by atoms with E-state index in [1.165, 1.54) is 25.3 Å². The molecule has 0 N–H and O–H groups in total. The zero-order valence-corrected chi connectivity index (χ0v) is 17.6. The predicted octanol–water partition coefficient (Wildman–Crippen LogP) is 4.68. The van der Waals surface area contributed by atoms with Crippen molar-refractivity contribution in [3.05, 3.63) is 57.9 Å². The van der Waals surface area contributed by atoms with Crippen LogP contribution in [0.4, 0.5) is 13.2 Å². The molecule has 0 saturated carbocycles. The molecule has 0 fully saturated rings. The first-order valence-corrected chi connectivity index (χ1v) is 10.0. The summed E-state index contributed by atoms with van der Waals surface area (Å²) in [4.78, 5) is 15.3. The van der Waals surface area contributed by atoms with Crippen molar-refractivity contribution >= 4 is 11.0 Å². The molecule has 0 radical (unpaired) electrons. The SMILES string of the molecule is COCCCN1COc2ccc3c(=O)c(-c4ccccc4OC)c(C(F)(F)F)oc3c2C1. The van der Waals surface area contributed by atoms with Crippen molar-refractivity contribution in [2.75, 3.05) is 34.1 Å². The van der Waals surface area contributed by atoms with Gasteiger partial charge in [0.05, 0.1) is 23.6 Å². The fraction of sp³-hybridized carbons (Fsp3) is 0.348. The van der Waals surface area contributed by atoms with Crippen LogP contribution in [-0.4, -0.2) is 39.0 Å². The summed E-state index contributed by atoms with van der Waals surface area (Å²) in [5, 5.41) is 0.0556. The van der Waals surface area contributed by atoms with Gasteiger partial charge in [-0.2, -0.15) is 13.2 Å². The molecule has 0 saturated heterocycles. The van der Waals surface area contributed by atoms with E-state index < -0.39 is 22.9 Å². The Balaban J connectivity index is 1.92. The average molecular weight is 449 g/mol. The molecule has 0 atom stereocenters. The lowest BCUT2D eigenvalue weighted by molar-refractivity contribution is -0.152. The van der Waals surface area contributed by atoms with Gasteiger partial charge in [-0.3, -0.25) is 9.69 Å². The first-order valence-electron chi connectivity index (χ1n) is 10.0. The van der Waals surface area contributed by atoms with Gasteiger partial charge in [0.2, 0.25) is 11.2 Å². The second-order valence-electron chi connectivity index (χ2n) is 7.42. The van der Waals surface area contributed by atoms with Crippen molar-refractivity contribution in [1.82, 2.24) is 4.90 Å². The lowest BCUT2D eigenvalue weighted by atomic mass is 9.99. The minimum Gasteiger partial charge on any atom is -0.496 e. The van der Waals surface area contributed by atoms with E-state index in [9.17, 15) is 18.0 Å². The van der Waals surface area contributed by atoms with Gasteiger partial charge >= 0.3 is 6.18 Å². The summed E-state index contributed by atoms with van der Waals surface area (Å²) in [6.07, 6.45) is -4.16. The van der Waals surface area contributed by atoms with E-state index in [-0.39, 0.29) is 29.0 Å². The Bertz CT molecular complexity index is 1190. The van der Waals surface area contributed by atoms with Gasteiger partial charge in [-0.05, 0) is 24.6 Å². The summed E-state index contributed by atoms with van der Waals surface area (Å²) >= 11 is 0. The monoisotopic (exact) mass is 449 g/mol. The van der Waals surface area contributed by atoms with Crippen molar-refractivity contribution < 1.29 is 31.8 Å². The van der Waals surface area contributed by atoms with Gasteiger partial charge in [0, 0.05) is 32.4 Å². The summed E-state index contributed by atoms with van der Waals surface area (Å²) in [5.41, 5.74) is -1.03. The minimum absolute atomic E-state index is 0.0214. The quantitative estimate of drug-likeness (QED) is 0.510. The highest BCUT2D eigenvalue weighted by atomic mass is 19.4. The van der Waals surface area contributed by atoms with Crippen LogP contribution in [0.5, 0.6) is 11.5 Å². The number of benzene rings is 2. The summed E-state index contributed by atoms with van der Waals surface area (Å²) in [6, 6.07) is 9.10. The first-order chi connectivity index (χ1) is 15.3.